The molecule has 1 aliphatic rings. The van der Waals surface area contributed by atoms with Crippen LogP contribution in [0.2, 0.25) is 0 Å². The maximum Gasteiger partial charge on any atom is 0.240 e. The van der Waals surface area contributed by atoms with Crippen LogP contribution in [0.1, 0.15) is 18.5 Å². The van der Waals surface area contributed by atoms with E-state index in [9.17, 15) is 4.79 Å². The molecule has 7 heteroatoms. The summed E-state index contributed by atoms with van der Waals surface area (Å²) < 4.78 is 10.7. The number of hydrogen-bond donors (Lipinski definition) is 2. The summed E-state index contributed by atoms with van der Waals surface area (Å²) in [5.41, 5.74) is 6.92. The summed E-state index contributed by atoms with van der Waals surface area (Å²) in [7, 11) is 0. The molecule has 1 aromatic heterocycles. The Morgan fingerprint density at radius 1 is 1.26 bits per heavy atom. The smallest absolute Gasteiger partial charge is 0.240 e. The largest absolute Gasteiger partial charge is 0.443 e. The van der Waals surface area contributed by atoms with Crippen LogP contribution >= 0.6 is 12.4 Å². The van der Waals surface area contributed by atoms with E-state index in [0.29, 0.717) is 44.1 Å². The van der Waals surface area contributed by atoms with Gasteiger partial charge in [-0.2, -0.15) is 0 Å². The van der Waals surface area contributed by atoms with Crippen molar-refractivity contribution in [1.82, 2.24) is 10.3 Å². The second kappa shape index (κ2) is 7.59. The number of oxazole rings is 1. The van der Waals surface area contributed by atoms with Crippen molar-refractivity contribution in [3.05, 3.63) is 42.4 Å². The highest BCUT2D eigenvalue weighted by Gasteiger charge is 2.35. The lowest BCUT2D eigenvalue weighted by atomic mass is 9.90. The maximum atomic E-state index is 12.3. The molecule has 1 aliphatic heterocycles. The lowest BCUT2D eigenvalue weighted by Crippen LogP contribution is -2.56. The highest BCUT2D eigenvalue weighted by Crippen LogP contribution is 2.23. The van der Waals surface area contributed by atoms with Gasteiger partial charge in [0.2, 0.25) is 5.91 Å². The normalized spacial score (nSPS) is 16.4. The Morgan fingerprint density at radius 3 is 2.65 bits per heavy atom. The van der Waals surface area contributed by atoms with Gasteiger partial charge >= 0.3 is 0 Å². The number of hydrogen-bond acceptors (Lipinski definition) is 5. The van der Waals surface area contributed by atoms with Gasteiger partial charge in [-0.1, -0.05) is 30.3 Å². The first-order valence-electron chi connectivity index (χ1n) is 7.32. The van der Waals surface area contributed by atoms with Gasteiger partial charge in [0.1, 0.15) is 5.69 Å². The lowest BCUT2D eigenvalue weighted by Gasteiger charge is -2.31. The summed E-state index contributed by atoms with van der Waals surface area (Å²) >= 11 is 0. The van der Waals surface area contributed by atoms with Crippen molar-refractivity contribution in [2.45, 2.75) is 24.9 Å². The first-order chi connectivity index (χ1) is 10.7. The van der Waals surface area contributed by atoms with Crippen LogP contribution in [0.3, 0.4) is 0 Å². The number of nitrogens with zero attached hydrogens (tertiary/aromatic N) is 1. The van der Waals surface area contributed by atoms with Gasteiger partial charge in [-0.05, 0) is 12.8 Å². The van der Waals surface area contributed by atoms with Gasteiger partial charge in [0.15, 0.2) is 12.2 Å². The quantitative estimate of drug-likeness (QED) is 0.889. The molecule has 0 saturated carbocycles. The second-order valence-electron chi connectivity index (χ2n) is 5.45. The number of benzene rings is 1. The van der Waals surface area contributed by atoms with Gasteiger partial charge < -0.3 is 20.2 Å². The van der Waals surface area contributed by atoms with Crippen molar-refractivity contribution in [3.8, 4) is 11.3 Å². The third-order valence-electron chi connectivity index (χ3n) is 3.93. The van der Waals surface area contributed by atoms with Crippen molar-refractivity contribution in [2.24, 2.45) is 5.73 Å². The molecular weight excluding hydrogens is 318 g/mol. The SMILES string of the molecule is Cl.NC1(C(=O)NCc2ncoc2-c2ccccc2)CCOCC1. The molecule has 0 bridgehead atoms. The van der Waals surface area contributed by atoms with E-state index in [1.165, 1.54) is 6.39 Å². The Kier molecular flexibility index (Phi) is 5.76. The van der Waals surface area contributed by atoms with Crippen molar-refractivity contribution in [1.29, 1.82) is 0 Å². The van der Waals surface area contributed by atoms with Gasteiger partial charge in [-0.25, -0.2) is 4.98 Å². The predicted molar refractivity (Wildman–Crippen MR) is 88.0 cm³/mol. The summed E-state index contributed by atoms with van der Waals surface area (Å²) in [6.07, 6.45) is 2.45. The molecule has 2 aromatic rings. The minimum atomic E-state index is -0.852. The van der Waals surface area contributed by atoms with Crippen LogP contribution in [0.4, 0.5) is 0 Å². The molecule has 0 radical (unpaired) electrons. The monoisotopic (exact) mass is 337 g/mol. The molecule has 1 saturated heterocycles. The molecule has 23 heavy (non-hydrogen) atoms. The number of aromatic nitrogens is 1. The fraction of sp³-hybridized carbons (Fsp3) is 0.375. The van der Waals surface area contributed by atoms with Crippen molar-refractivity contribution < 1.29 is 13.9 Å². The average molecular weight is 338 g/mol. The van der Waals surface area contributed by atoms with E-state index in [1.54, 1.807) is 0 Å². The van der Waals surface area contributed by atoms with E-state index in [4.69, 9.17) is 14.9 Å². The molecule has 1 aromatic carbocycles. The number of ether oxygens (including phenoxy) is 1. The van der Waals surface area contributed by atoms with Gasteiger partial charge in [-0.15, -0.1) is 12.4 Å². The van der Waals surface area contributed by atoms with Crippen molar-refractivity contribution in [3.63, 3.8) is 0 Å². The molecule has 124 valence electrons. The number of rotatable bonds is 4. The molecule has 2 heterocycles. The van der Waals surface area contributed by atoms with E-state index >= 15 is 0 Å². The highest BCUT2D eigenvalue weighted by atomic mass is 35.5. The van der Waals surface area contributed by atoms with E-state index in [1.807, 2.05) is 30.3 Å². The van der Waals surface area contributed by atoms with Gasteiger partial charge in [0.25, 0.3) is 0 Å². The summed E-state index contributed by atoms with van der Waals surface area (Å²) in [6.45, 7) is 1.33. The Hall–Kier alpha value is -1.89. The molecule has 1 amide bonds. The van der Waals surface area contributed by atoms with E-state index in [-0.39, 0.29) is 18.3 Å². The fourth-order valence-corrected chi connectivity index (χ4v) is 2.52. The lowest BCUT2D eigenvalue weighted by molar-refractivity contribution is -0.129. The van der Waals surface area contributed by atoms with Crippen molar-refractivity contribution >= 4 is 18.3 Å². The van der Waals surface area contributed by atoms with E-state index in [2.05, 4.69) is 10.3 Å². The second-order valence-corrected chi connectivity index (χ2v) is 5.45. The molecule has 3 rings (SSSR count). The number of carbonyl (C=O) groups is 1. The Bertz CT molecular complexity index is 639. The zero-order valence-electron chi connectivity index (χ0n) is 12.7. The molecule has 0 unspecified atom stereocenters. The summed E-state index contributed by atoms with van der Waals surface area (Å²) in [4.78, 5) is 16.5. The number of nitrogens with one attached hydrogen (secondary N) is 1. The summed E-state index contributed by atoms with van der Waals surface area (Å²) in [6, 6.07) is 9.67. The molecular formula is C16H20ClN3O3. The van der Waals surface area contributed by atoms with Crippen LogP contribution in [0.25, 0.3) is 11.3 Å². The third-order valence-corrected chi connectivity index (χ3v) is 3.93. The molecule has 6 nitrogen and oxygen atoms in total. The predicted octanol–water partition coefficient (Wildman–Crippen LogP) is 1.89. The molecule has 0 aliphatic carbocycles. The first-order valence-corrected chi connectivity index (χ1v) is 7.32. The third kappa shape index (κ3) is 3.90. The Balaban J connectivity index is 0.00000192. The van der Waals surface area contributed by atoms with Crippen LogP contribution in [-0.4, -0.2) is 29.6 Å². The summed E-state index contributed by atoms with van der Waals surface area (Å²) in [5.74, 6) is 0.497. The zero-order valence-corrected chi connectivity index (χ0v) is 13.5. The van der Waals surface area contributed by atoms with E-state index in [0.717, 1.165) is 5.56 Å². The van der Waals surface area contributed by atoms with Crippen LogP contribution in [0.5, 0.6) is 0 Å². The first kappa shape index (κ1) is 17.5. The van der Waals surface area contributed by atoms with Crippen LogP contribution in [-0.2, 0) is 16.1 Å². The number of amides is 1. The maximum absolute atomic E-state index is 12.3. The highest BCUT2D eigenvalue weighted by molar-refractivity contribution is 5.86. The minimum absolute atomic E-state index is 0. The topological polar surface area (TPSA) is 90.4 Å². The van der Waals surface area contributed by atoms with Gasteiger partial charge in [0.05, 0.1) is 12.1 Å². The minimum Gasteiger partial charge on any atom is -0.443 e. The Labute approximate surface area is 140 Å². The molecule has 0 atom stereocenters. The van der Waals surface area contributed by atoms with Gasteiger partial charge in [0, 0.05) is 18.8 Å². The van der Waals surface area contributed by atoms with Gasteiger partial charge in [-0.3, -0.25) is 4.79 Å². The zero-order chi connectivity index (χ0) is 15.4. The molecule has 3 N–H and O–H groups in total. The molecule has 0 spiro atoms. The van der Waals surface area contributed by atoms with Crippen LogP contribution < -0.4 is 11.1 Å². The number of carbonyl (C=O) groups excluding carboxylic acids is 1. The van der Waals surface area contributed by atoms with E-state index < -0.39 is 5.54 Å². The summed E-state index contributed by atoms with van der Waals surface area (Å²) in [5, 5.41) is 2.86. The average Bonchev–Trinajstić information content (AvgIpc) is 3.02. The Morgan fingerprint density at radius 2 is 1.96 bits per heavy atom. The van der Waals surface area contributed by atoms with Crippen LogP contribution in [0.15, 0.2) is 41.1 Å². The molecule has 1 fully saturated rings. The standard InChI is InChI=1S/C16H19N3O3.ClH/c17-16(6-8-21-9-7-16)15(20)18-10-13-14(22-11-19-13)12-4-2-1-3-5-12;/h1-5,11H,6-10,17H2,(H,18,20);1H. The van der Waals surface area contributed by atoms with Crippen LogP contribution in [0, 0.1) is 0 Å². The van der Waals surface area contributed by atoms with Crippen molar-refractivity contribution in [2.75, 3.05) is 13.2 Å². The number of halogens is 1. The fourth-order valence-electron chi connectivity index (χ4n) is 2.52. The number of nitrogens with two attached hydrogens (primary N) is 1.